The molecule has 4 aliphatic heterocycles. The maximum Gasteiger partial charge on any atom is 0.326 e. The van der Waals surface area contributed by atoms with E-state index in [0.717, 1.165) is 169 Å². The van der Waals surface area contributed by atoms with Crippen LogP contribution >= 0.6 is 15.9 Å². The zero-order chi connectivity index (χ0) is 66.3. The Labute approximate surface area is 567 Å². The molecule has 3 N–H and O–H groups in total. The largest absolute Gasteiger partial charge is 0.339 e. The first-order valence-electron chi connectivity index (χ1n) is 34.4. The Bertz CT molecular complexity index is 4540. The monoisotopic (exact) mass is 1350 g/mol. The summed E-state index contributed by atoms with van der Waals surface area (Å²) in [4.78, 5) is 91.1. The molecule has 0 bridgehead atoms. The highest BCUT2D eigenvalue weighted by Gasteiger charge is 2.50. The van der Waals surface area contributed by atoms with Crippen LogP contribution in [0, 0.1) is 17.7 Å². The van der Waals surface area contributed by atoms with E-state index in [1.807, 2.05) is 141 Å². The number of benzene rings is 8. The number of nitrogens with one attached hydrogen (secondary N) is 3. The number of Topliss-reactive ketones (excluding diaryl/α,β-unsaturated/α-hetero) is 3. The molecule has 10 aromatic rings. The Balaban J connectivity index is 0.000000130. The number of amides is 1. The highest BCUT2D eigenvalue weighted by Crippen LogP contribution is 2.49. The lowest BCUT2D eigenvalue weighted by Gasteiger charge is -2.43. The number of hydrogen-bond acceptors (Lipinski definition) is 10. The minimum Gasteiger partial charge on any atom is -0.339 e. The molecule has 3 atom stereocenters. The van der Waals surface area contributed by atoms with E-state index in [2.05, 4.69) is 89.2 Å². The van der Waals surface area contributed by atoms with Crippen LogP contribution in [0.3, 0.4) is 0 Å². The van der Waals surface area contributed by atoms with Crippen molar-refractivity contribution < 1.29 is 23.6 Å². The fourth-order valence-corrected chi connectivity index (χ4v) is 15.8. The topological polar surface area (TPSA) is 169 Å². The van der Waals surface area contributed by atoms with Gasteiger partial charge in [0.1, 0.15) is 17.1 Å². The predicted molar refractivity (Wildman–Crippen MR) is 384 cm³/mol. The summed E-state index contributed by atoms with van der Waals surface area (Å²) in [6, 6.07) is 59.3. The van der Waals surface area contributed by atoms with E-state index in [-0.39, 0.29) is 52.7 Å². The van der Waals surface area contributed by atoms with Crippen LogP contribution in [-0.2, 0) is 9.59 Å². The van der Waals surface area contributed by atoms with Crippen LogP contribution in [-0.4, -0.2) is 128 Å². The molecule has 1 unspecified atom stereocenters. The number of H-pyrrole nitrogens is 2. The Morgan fingerprint density at radius 1 is 0.562 bits per heavy atom. The minimum atomic E-state index is -0.620. The van der Waals surface area contributed by atoms with Crippen LogP contribution in [0.25, 0.3) is 43.6 Å². The fourth-order valence-electron chi connectivity index (χ4n) is 15.4. The van der Waals surface area contributed by atoms with Crippen molar-refractivity contribution in [3.63, 3.8) is 0 Å². The van der Waals surface area contributed by atoms with E-state index in [0.29, 0.717) is 56.4 Å². The maximum atomic E-state index is 13.8. The van der Waals surface area contributed by atoms with E-state index >= 15 is 0 Å². The molecule has 496 valence electrons. The summed E-state index contributed by atoms with van der Waals surface area (Å²) in [5.41, 5.74) is 6.72. The predicted octanol–water partition coefficient (Wildman–Crippen LogP) is 14.3. The van der Waals surface area contributed by atoms with Crippen LogP contribution in [0.2, 0.25) is 0 Å². The van der Waals surface area contributed by atoms with Gasteiger partial charge in [0.25, 0.3) is 0 Å². The summed E-state index contributed by atoms with van der Waals surface area (Å²) in [6.45, 7) is 10.7. The molecule has 4 saturated heterocycles. The molecule has 15 rings (SSSR count). The van der Waals surface area contributed by atoms with Crippen molar-refractivity contribution in [3.05, 3.63) is 230 Å². The zero-order valence-corrected chi connectivity index (χ0v) is 56.2. The molecule has 15 nitrogen and oxygen atoms in total. The van der Waals surface area contributed by atoms with Gasteiger partial charge in [-0.1, -0.05) is 144 Å². The highest BCUT2D eigenvalue weighted by atomic mass is 79.9. The first kappa shape index (κ1) is 66.0. The lowest BCUT2D eigenvalue weighted by Crippen LogP contribution is -2.56. The van der Waals surface area contributed by atoms with E-state index in [1.54, 1.807) is 6.07 Å². The standard InChI is InChI=1S/C27H28FN3O2.C26H30BrN3O2.C26H27N3O2/c28-23-7-3-8-24(18-23)31-19-29-26(33)27(31)12-15-30(16-13-27)14-4-9-25(32)22-11-10-20-5-1-2-6-21(20)17-22;1-17(13-25(31)22-15-21(22)18-5-3-2-4-6-18)16-29-11-9-20(10-12-29)30-24-8-7-19(27)14-23(24)28-26(30)32;30-25(21-12-11-19-6-1-2-7-20(19)18-21)10-5-15-28-16-13-22(14-17-28)29-24-9-4-3-8-23(24)27-26(29)31/h1-3,5-8,10-11,17-18H,4,9,12-16,19H2,(H,29,33);2-8,14,17,20-22H,9-13,15-16H2,1H3,(H,28,32);1-4,6-9,11-12,18,22H,5,10,13-17H2,(H,27,31)/t;17-,21-,22?;/m.1./s1. The van der Waals surface area contributed by atoms with Crippen molar-refractivity contribution in [3.8, 4) is 0 Å². The highest BCUT2D eigenvalue weighted by molar-refractivity contribution is 9.10. The molecule has 5 aliphatic rings. The number of halogens is 2. The van der Waals surface area contributed by atoms with Gasteiger partial charge in [0.2, 0.25) is 5.91 Å². The van der Waals surface area contributed by atoms with Gasteiger partial charge in [-0.15, -0.1) is 0 Å². The van der Waals surface area contributed by atoms with E-state index in [1.165, 1.54) is 17.7 Å². The molecule has 0 radical (unpaired) electrons. The molecule has 17 heteroatoms. The first-order chi connectivity index (χ1) is 46.7. The summed E-state index contributed by atoms with van der Waals surface area (Å²) in [7, 11) is 0. The average Bonchev–Trinajstić information content (AvgIpc) is 1.58. The molecular formula is C79H85BrFN9O6. The molecule has 2 aromatic heterocycles. The Morgan fingerprint density at radius 2 is 1.10 bits per heavy atom. The second kappa shape index (κ2) is 29.8. The van der Waals surface area contributed by atoms with Crippen molar-refractivity contribution >= 4 is 88.5 Å². The maximum absolute atomic E-state index is 13.8. The van der Waals surface area contributed by atoms with E-state index in [4.69, 9.17) is 0 Å². The van der Waals surface area contributed by atoms with Crippen molar-refractivity contribution in [1.82, 2.24) is 39.1 Å². The van der Waals surface area contributed by atoms with Crippen molar-refractivity contribution in [2.75, 3.05) is 70.5 Å². The molecule has 96 heavy (non-hydrogen) atoms. The molecule has 1 saturated carbocycles. The number of aromatic amines is 2. The number of anilines is 1. The number of imidazole rings is 2. The van der Waals surface area contributed by atoms with Gasteiger partial charge in [0.05, 0.1) is 28.7 Å². The number of carbonyl (C=O) groups excluding carboxylic acids is 4. The number of rotatable bonds is 19. The van der Waals surface area contributed by atoms with Crippen LogP contribution in [0.15, 0.2) is 196 Å². The molecule has 6 heterocycles. The number of fused-ring (bicyclic) bond motifs is 4. The molecule has 1 aliphatic carbocycles. The second-order valence-electron chi connectivity index (χ2n) is 27.1. The zero-order valence-electron chi connectivity index (χ0n) is 54.7. The second-order valence-corrected chi connectivity index (χ2v) is 28.1. The molecular weight excluding hydrogens is 1270 g/mol. The van der Waals surface area contributed by atoms with Gasteiger partial charge >= 0.3 is 11.4 Å². The van der Waals surface area contributed by atoms with Gasteiger partial charge < -0.3 is 34.9 Å². The smallest absolute Gasteiger partial charge is 0.326 e. The summed E-state index contributed by atoms with van der Waals surface area (Å²) < 4.78 is 18.6. The summed E-state index contributed by atoms with van der Waals surface area (Å²) in [5, 5.41) is 7.45. The third-order valence-electron chi connectivity index (χ3n) is 20.7. The lowest BCUT2D eigenvalue weighted by molar-refractivity contribution is -0.125. The molecule has 1 amide bonds. The molecule has 8 aromatic carbocycles. The van der Waals surface area contributed by atoms with Crippen LogP contribution in [0.5, 0.6) is 0 Å². The molecule has 5 fully saturated rings. The third-order valence-corrected chi connectivity index (χ3v) is 21.2. The number of para-hydroxylation sites is 2. The van der Waals surface area contributed by atoms with Crippen molar-refractivity contribution in [2.24, 2.45) is 11.8 Å². The van der Waals surface area contributed by atoms with Gasteiger partial charge in [0, 0.05) is 104 Å². The van der Waals surface area contributed by atoms with Gasteiger partial charge in [0.15, 0.2) is 11.6 Å². The number of ketones is 3. The number of hydrogen-bond donors (Lipinski definition) is 3. The Kier molecular flexibility index (Phi) is 20.5. The van der Waals surface area contributed by atoms with Crippen LogP contribution in [0.4, 0.5) is 10.1 Å². The summed E-state index contributed by atoms with van der Waals surface area (Å²) >= 11 is 3.48. The van der Waals surface area contributed by atoms with Gasteiger partial charge in [-0.3, -0.25) is 28.3 Å². The lowest BCUT2D eigenvalue weighted by atomic mass is 9.85. The Hall–Kier alpha value is -8.61. The van der Waals surface area contributed by atoms with Crippen molar-refractivity contribution in [1.29, 1.82) is 0 Å². The first-order valence-corrected chi connectivity index (χ1v) is 35.2. The van der Waals surface area contributed by atoms with Gasteiger partial charge in [-0.2, -0.15) is 0 Å². The van der Waals surface area contributed by atoms with Crippen LogP contribution in [0.1, 0.15) is 128 Å². The number of carbonyl (C=O) groups is 4. The average molecular weight is 1360 g/mol. The van der Waals surface area contributed by atoms with Crippen LogP contribution < -0.4 is 21.6 Å². The normalized spacial score (nSPS) is 18.9. The number of nitrogens with zero attached hydrogens (tertiary/aromatic N) is 6. The van der Waals surface area contributed by atoms with Gasteiger partial charge in [-0.25, -0.2) is 14.0 Å². The quantitative estimate of drug-likeness (QED) is 0.0663. The Morgan fingerprint density at radius 3 is 1.72 bits per heavy atom. The third kappa shape index (κ3) is 15.1. The fraction of sp³-hybridized carbons (Fsp3) is 0.367. The summed E-state index contributed by atoms with van der Waals surface area (Å²) in [6.07, 6.45) is 9.63. The van der Waals surface area contributed by atoms with Crippen molar-refractivity contribution in [2.45, 2.75) is 108 Å². The summed E-state index contributed by atoms with van der Waals surface area (Å²) in [5.74, 6) is 1.56. The van der Waals surface area contributed by atoms with E-state index in [9.17, 15) is 33.2 Å². The minimum absolute atomic E-state index is 0.0133. The molecule has 1 spiro atoms. The number of aromatic nitrogens is 4. The van der Waals surface area contributed by atoms with Gasteiger partial charge in [-0.05, 0) is 170 Å². The number of likely N-dealkylation sites (tertiary alicyclic amines) is 3. The van der Waals surface area contributed by atoms with E-state index < -0.39 is 5.54 Å². The number of piperidine rings is 3. The SMILES string of the molecule is C[C@H](CC(=O)C1C[C@@H]1c1ccccc1)CN1CCC(n2c(=O)[nH]c3cc(Br)ccc32)CC1.O=C(CCCN1CCC(n2c(=O)[nH]c3ccccc32)CC1)c1ccc2ccccc2c1.O=C(CCCN1CCC2(CC1)C(=O)NCN2c1cccc(F)c1)c1ccc2ccccc2c1.